The van der Waals surface area contributed by atoms with Crippen LogP contribution in [0.5, 0.6) is 0 Å². The van der Waals surface area contributed by atoms with Crippen LogP contribution in [0.1, 0.15) is 15.9 Å². The average molecular weight is 365 g/mol. The summed E-state index contributed by atoms with van der Waals surface area (Å²) in [7, 11) is 0. The number of aromatic nitrogens is 1. The molecule has 1 N–H and O–H groups in total. The van der Waals surface area contributed by atoms with E-state index < -0.39 is 4.92 Å². The number of benzene rings is 2. The average Bonchev–Trinajstić information content (AvgIpc) is 2.64. The van der Waals surface area contributed by atoms with Gasteiger partial charge in [0.15, 0.2) is 0 Å². The summed E-state index contributed by atoms with van der Waals surface area (Å²) >= 11 is 1.50. The summed E-state index contributed by atoms with van der Waals surface area (Å²) in [5.41, 5.74) is 1.59. The van der Waals surface area contributed by atoms with E-state index in [1.807, 2.05) is 30.3 Å². The molecule has 1 aromatic heterocycles. The molecule has 0 aliphatic heterocycles. The Balaban J connectivity index is 1.72. The van der Waals surface area contributed by atoms with Gasteiger partial charge in [-0.05, 0) is 48.9 Å². The molecule has 1 heterocycles. The Hall–Kier alpha value is -3.19. The molecule has 0 aliphatic carbocycles. The number of pyridine rings is 1. The van der Waals surface area contributed by atoms with Crippen LogP contribution in [-0.4, -0.2) is 15.8 Å². The van der Waals surface area contributed by atoms with Crippen molar-refractivity contribution < 1.29 is 9.72 Å². The summed E-state index contributed by atoms with van der Waals surface area (Å²) in [6, 6.07) is 17.2. The third-order valence-electron chi connectivity index (χ3n) is 3.66. The van der Waals surface area contributed by atoms with Gasteiger partial charge in [-0.25, -0.2) is 4.98 Å². The molecule has 3 rings (SSSR count). The summed E-state index contributed by atoms with van der Waals surface area (Å²) in [5.74, 6) is -0.317. The zero-order valence-corrected chi connectivity index (χ0v) is 14.7. The minimum atomic E-state index is -0.487. The van der Waals surface area contributed by atoms with Crippen molar-refractivity contribution in [1.29, 1.82) is 0 Å². The van der Waals surface area contributed by atoms with Gasteiger partial charge in [0, 0.05) is 28.8 Å². The maximum atomic E-state index is 12.4. The van der Waals surface area contributed by atoms with E-state index in [1.54, 1.807) is 31.3 Å². The number of nitrogens with one attached hydrogen (secondary N) is 1. The molecular formula is C19H15N3O3S. The third kappa shape index (κ3) is 4.25. The highest BCUT2D eigenvalue weighted by atomic mass is 32.2. The van der Waals surface area contributed by atoms with E-state index in [1.165, 1.54) is 23.9 Å². The van der Waals surface area contributed by atoms with E-state index in [0.29, 0.717) is 11.3 Å². The minimum Gasteiger partial charge on any atom is -0.321 e. The predicted molar refractivity (Wildman–Crippen MR) is 101 cm³/mol. The molecule has 7 heteroatoms. The SMILES string of the molecule is Cc1ccc([N+](=O)[O-])cc1NC(=O)c1ccc(Sc2ccccn2)cc1. The van der Waals surface area contributed by atoms with Crippen LogP contribution in [0.25, 0.3) is 0 Å². The highest BCUT2D eigenvalue weighted by Gasteiger charge is 2.12. The molecular weight excluding hydrogens is 350 g/mol. The van der Waals surface area contributed by atoms with Gasteiger partial charge in [-0.3, -0.25) is 14.9 Å². The predicted octanol–water partition coefficient (Wildman–Crippen LogP) is 4.70. The van der Waals surface area contributed by atoms with Gasteiger partial charge >= 0.3 is 0 Å². The largest absolute Gasteiger partial charge is 0.321 e. The number of hydrogen-bond acceptors (Lipinski definition) is 5. The summed E-state index contributed by atoms with van der Waals surface area (Å²) in [5, 5.41) is 14.5. The molecule has 0 saturated carbocycles. The van der Waals surface area contributed by atoms with Gasteiger partial charge in [-0.1, -0.05) is 23.9 Å². The molecule has 0 radical (unpaired) electrons. The summed E-state index contributed by atoms with van der Waals surface area (Å²) in [4.78, 5) is 28.0. The van der Waals surface area contributed by atoms with Gasteiger partial charge in [-0.2, -0.15) is 0 Å². The molecule has 130 valence electrons. The Morgan fingerprint density at radius 3 is 2.54 bits per heavy atom. The fourth-order valence-corrected chi connectivity index (χ4v) is 3.03. The van der Waals surface area contributed by atoms with Crippen molar-refractivity contribution in [3.8, 4) is 0 Å². The van der Waals surface area contributed by atoms with Gasteiger partial charge in [0.2, 0.25) is 0 Å². The quantitative estimate of drug-likeness (QED) is 0.523. The molecule has 0 fully saturated rings. The molecule has 0 aliphatic rings. The van der Waals surface area contributed by atoms with Gasteiger partial charge < -0.3 is 5.32 Å². The van der Waals surface area contributed by atoms with E-state index in [0.717, 1.165) is 15.5 Å². The number of carbonyl (C=O) groups is 1. The lowest BCUT2D eigenvalue weighted by Gasteiger charge is -2.09. The van der Waals surface area contributed by atoms with Crippen molar-refractivity contribution in [1.82, 2.24) is 4.98 Å². The van der Waals surface area contributed by atoms with Crippen LogP contribution in [0, 0.1) is 17.0 Å². The zero-order valence-electron chi connectivity index (χ0n) is 13.9. The van der Waals surface area contributed by atoms with Crippen molar-refractivity contribution >= 4 is 29.0 Å². The number of aryl methyl sites for hydroxylation is 1. The highest BCUT2D eigenvalue weighted by Crippen LogP contribution is 2.26. The van der Waals surface area contributed by atoms with Crippen molar-refractivity contribution in [3.63, 3.8) is 0 Å². The Morgan fingerprint density at radius 1 is 1.12 bits per heavy atom. The summed E-state index contributed by atoms with van der Waals surface area (Å²) in [6.07, 6.45) is 1.73. The Labute approximate surface area is 154 Å². The third-order valence-corrected chi connectivity index (χ3v) is 4.62. The number of nitro benzene ring substituents is 1. The van der Waals surface area contributed by atoms with Crippen LogP contribution in [0.2, 0.25) is 0 Å². The van der Waals surface area contributed by atoms with E-state index in [9.17, 15) is 14.9 Å². The second-order valence-corrected chi connectivity index (χ2v) is 6.60. The van der Waals surface area contributed by atoms with Crippen molar-refractivity contribution in [2.24, 2.45) is 0 Å². The highest BCUT2D eigenvalue weighted by molar-refractivity contribution is 7.99. The van der Waals surface area contributed by atoms with Gasteiger partial charge in [0.1, 0.15) is 5.03 Å². The number of rotatable bonds is 5. The van der Waals surface area contributed by atoms with Crippen LogP contribution >= 0.6 is 11.8 Å². The minimum absolute atomic E-state index is 0.0620. The molecule has 6 nitrogen and oxygen atoms in total. The van der Waals surface area contributed by atoms with E-state index in [-0.39, 0.29) is 11.6 Å². The first-order valence-corrected chi connectivity index (χ1v) is 8.60. The van der Waals surface area contributed by atoms with Crippen molar-refractivity contribution in [3.05, 3.63) is 88.1 Å². The molecule has 0 spiro atoms. The van der Waals surface area contributed by atoms with Gasteiger partial charge in [0.25, 0.3) is 11.6 Å². The smallest absolute Gasteiger partial charge is 0.271 e. The Kier molecular flexibility index (Phi) is 5.28. The van der Waals surface area contributed by atoms with Crippen LogP contribution in [0.4, 0.5) is 11.4 Å². The number of nitro groups is 1. The second-order valence-electron chi connectivity index (χ2n) is 5.50. The molecule has 0 saturated heterocycles. The van der Waals surface area contributed by atoms with Crippen LogP contribution in [0.3, 0.4) is 0 Å². The lowest BCUT2D eigenvalue weighted by Crippen LogP contribution is -2.12. The molecule has 26 heavy (non-hydrogen) atoms. The fourth-order valence-electron chi connectivity index (χ4n) is 2.26. The standard InChI is InChI=1S/C19H15N3O3S/c1-13-5-8-15(22(24)25)12-17(13)21-19(23)14-6-9-16(10-7-14)26-18-4-2-3-11-20-18/h2-12H,1H3,(H,21,23). The molecule has 0 bridgehead atoms. The number of hydrogen-bond donors (Lipinski definition) is 1. The topological polar surface area (TPSA) is 85.1 Å². The molecule has 0 atom stereocenters. The number of carbonyl (C=O) groups excluding carboxylic acids is 1. The second kappa shape index (κ2) is 7.79. The number of anilines is 1. The molecule has 2 aromatic carbocycles. The van der Waals surface area contributed by atoms with Crippen molar-refractivity contribution in [2.45, 2.75) is 16.8 Å². The van der Waals surface area contributed by atoms with Crippen LogP contribution < -0.4 is 5.32 Å². The molecule has 0 unspecified atom stereocenters. The van der Waals surface area contributed by atoms with Crippen LogP contribution in [0.15, 0.2) is 76.8 Å². The summed E-state index contributed by atoms with van der Waals surface area (Å²) in [6.45, 7) is 1.78. The summed E-state index contributed by atoms with van der Waals surface area (Å²) < 4.78 is 0. The maximum absolute atomic E-state index is 12.4. The van der Waals surface area contributed by atoms with E-state index >= 15 is 0 Å². The van der Waals surface area contributed by atoms with Gasteiger partial charge in [-0.15, -0.1) is 0 Å². The fraction of sp³-hybridized carbons (Fsp3) is 0.0526. The van der Waals surface area contributed by atoms with E-state index in [4.69, 9.17) is 0 Å². The molecule has 1 amide bonds. The lowest BCUT2D eigenvalue weighted by atomic mass is 10.1. The van der Waals surface area contributed by atoms with Crippen molar-refractivity contribution in [2.75, 3.05) is 5.32 Å². The van der Waals surface area contributed by atoms with Gasteiger partial charge in [0.05, 0.1) is 10.6 Å². The maximum Gasteiger partial charge on any atom is 0.271 e. The first-order valence-electron chi connectivity index (χ1n) is 7.78. The Morgan fingerprint density at radius 2 is 1.88 bits per heavy atom. The zero-order chi connectivity index (χ0) is 18.5. The normalized spacial score (nSPS) is 10.3. The number of nitrogens with zero attached hydrogens (tertiary/aromatic N) is 2. The first kappa shape index (κ1) is 17.6. The Bertz CT molecular complexity index is 944. The van der Waals surface area contributed by atoms with Crippen LogP contribution in [-0.2, 0) is 0 Å². The number of non-ortho nitro benzene ring substituents is 1. The first-order chi connectivity index (χ1) is 12.5. The monoisotopic (exact) mass is 365 g/mol. The lowest BCUT2D eigenvalue weighted by molar-refractivity contribution is -0.384. The van der Waals surface area contributed by atoms with E-state index in [2.05, 4.69) is 10.3 Å². The molecule has 3 aromatic rings. The number of amides is 1.